The topological polar surface area (TPSA) is 57.1 Å². The van der Waals surface area contributed by atoms with Crippen molar-refractivity contribution >= 4 is 23.6 Å². The van der Waals surface area contributed by atoms with Crippen LogP contribution in [0.1, 0.15) is 10.4 Å². The van der Waals surface area contributed by atoms with Gasteiger partial charge in [-0.05, 0) is 12.1 Å². The standard InChI is InChI=1S/C16H24N4O2S/c1-18(2)15(21)12-23-14-7-5-4-6-13(14)16(22)17-20-10-8-19(3)9-11-20/h4-7H,8-12H2,1-3H3,(H,17,22)/p+1. The first-order valence-corrected chi connectivity index (χ1v) is 8.75. The van der Waals surface area contributed by atoms with Gasteiger partial charge in [0.1, 0.15) is 0 Å². The Hall–Kier alpha value is -1.57. The fourth-order valence-corrected chi connectivity index (χ4v) is 3.28. The second-order valence-electron chi connectivity index (χ2n) is 5.96. The van der Waals surface area contributed by atoms with Crippen LogP contribution in [0.5, 0.6) is 0 Å². The van der Waals surface area contributed by atoms with Crippen molar-refractivity contribution in [2.75, 3.05) is 53.1 Å². The number of hydrogen-bond acceptors (Lipinski definition) is 4. The van der Waals surface area contributed by atoms with Crippen LogP contribution in [0.4, 0.5) is 0 Å². The van der Waals surface area contributed by atoms with Crippen molar-refractivity contribution in [3.05, 3.63) is 29.8 Å². The molecule has 2 amide bonds. The first-order chi connectivity index (χ1) is 11.0. The number of thioether (sulfide) groups is 1. The quantitative estimate of drug-likeness (QED) is 0.701. The molecule has 0 saturated carbocycles. The number of carbonyl (C=O) groups excluding carboxylic acids is 2. The average molecular weight is 337 g/mol. The van der Waals surface area contributed by atoms with Crippen molar-refractivity contribution in [1.82, 2.24) is 15.3 Å². The number of quaternary nitrogens is 1. The molecule has 1 aromatic carbocycles. The van der Waals surface area contributed by atoms with Crippen LogP contribution in [0.2, 0.25) is 0 Å². The molecule has 2 rings (SSSR count). The first kappa shape index (κ1) is 17.8. The summed E-state index contributed by atoms with van der Waals surface area (Å²) < 4.78 is 0. The van der Waals surface area contributed by atoms with Crippen molar-refractivity contribution in [2.45, 2.75) is 4.90 Å². The average Bonchev–Trinajstić information content (AvgIpc) is 2.54. The zero-order chi connectivity index (χ0) is 16.8. The van der Waals surface area contributed by atoms with Gasteiger partial charge < -0.3 is 9.80 Å². The zero-order valence-electron chi connectivity index (χ0n) is 14.0. The summed E-state index contributed by atoms with van der Waals surface area (Å²) in [7, 11) is 5.63. The van der Waals surface area contributed by atoms with Crippen LogP contribution in [0, 0.1) is 0 Å². The summed E-state index contributed by atoms with van der Waals surface area (Å²) in [6.07, 6.45) is 0. The van der Waals surface area contributed by atoms with E-state index in [-0.39, 0.29) is 11.8 Å². The van der Waals surface area contributed by atoms with E-state index >= 15 is 0 Å². The van der Waals surface area contributed by atoms with E-state index in [4.69, 9.17) is 0 Å². The maximum absolute atomic E-state index is 12.5. The van der Waals surface area contributed by atoms with Crippen LogP contribution < -0.4 is 10.3 Å². The fourth-order valence-electron chi connectivity index (χ4n) is 2.25. The summed E-state index contributed by atoms with van der Waals surface area (Å²) in [6.45, 7) is 3.75. The van der Waals surface area contributed by atoms with Crippen molar-refractivity contribution in [3.63, 3.8) is 0 Å². The van der Waals surface area contributed by atoms with Crippen molar-refractivity contribution < 1.29 is 14.5 Å². The minimum Gasteiger partial charge on any atom is -0.348 e. The van der Waals surface area contributed by atoms with E-state index in [1.54, 1.807) is 25.1 Å². The Morgan fingerprint density at radius 2 is 1.91 bits per heavy atom. The highest BCUT2D eigenvalue weighted by molar-refractivity contribution is 8.00. The Balaban J connectivity index is 1.98. The van der Waals surface area contributed by atoms with E-state index < -0.39 is 0 Å². The van der Waals surface area contributed by atoms with Crippen LogP contribution in [-0.2, 0) is 4.79 Å². The number of rotatable bonds is 5. The first-order valence-electron chi connectivity index (χ1n) is 7.76. The van der Waals surface area contributed by atoms with Gasteiger partial charge >= 0.3 is 0 Å². The molecular weight excluding hydrogens is 312 g/mol. The third-order valence-electron chi connectivity index (χ3n) is 3.86. The number of nitrogens with zero attached hydrogens (tertiary/aromatic N) is 2. The highest BCUT2D eigenvalue weighted by atomic mass is 32.2. The van der Waals surface area contributed by atoms with Gasteiger partial charge in [0.05, 0.1) is 44.5 Å². The molecule has 23 heavy (non-hydrogen) atoms. The minimum atomic E-state index is -0.107. The SMILES string of the molecule is CN(C)C(=O)CSc1ccccc1C(=O)NN1CC[NH+](C)CC1. The Labute approximate surface area is 141 Å². The largest absolute Gasteiger partial charge is 0.348 e. The van der Waals surface area contributed by atoms with Gasteiger partial charge in [0.2, 0.25) is 5.91 Å². The second-order valence-corrected chi connectivity index (χ2v) is 6.98. The number of hydrazine groups is 1. The maximum Gasteiger partial charge on any atom is 0.266 e. The van der Waals surface area contributed by atoms with Gasteiger partial charge in [-0.3, -0.25) is 15.0 Å². The monoisotopic (exact) mass is 337 g/mol. The lowest BCUT2D eigenvalue weighted by Gasteiger charge is -2.30. The molecule has 0 bridgehead atoms. The van der Waals surface area contributed by atoms with Gasteiger partial charge in [-0.15, -0.1) is 11.8 Å². The summed E-state index contributed by atoms with van der Waals surface area (Å²) in [5, 5.41) is 1.97. The minimum absolute atomic E-state index is 0.0345. The zero-order valence-corrected chi connectivity index (χ0v) is 14.8. The molecule has 7 heteroatoms. The van der Waals surface area contributed by atoms with Crippen molar-refractivity contribution in [1.29, 1.82) is 0 Å². The van der Waals surface area contributed by atoms with Crippen LogP contribution in [0.15, 0.2) is 29.2 Å². The highest BCUT2D eigenvalue weighted by Crippen LogP contribution is 2.22. The molecule has 0 unspecified atom stereocenters. The van der Waals surface area contributed by atoms with Gasteiger partial charge in [0.15, 0.2) is 0 Å². The van der Waals surface area contributed by atoms with E-state index in [0.29, 0.717) is 11.3 Å². The number of benzene rings is 1. The van der Waals surface area contributed by atoms with Gasteiger partial charge in [0.25, 0.3) is 5.91 Å². The Morgan fingerprint density at radius 1 is 1.26 bits per heavy atom. The molecule has 0 aliphatic carbocycles. The van der Waals surface area contributed by atoms with E-state index in [1.807, 2.05) is 23.2 Å². The summed E-state index contributed by atoms with van der Waals surface area (Å²) in [6, 6.07) is 7.43. The number of likely N-dealkylation sites (N-methyl/N-ethyl adjacent to an activating group) is 1. The molecule has 0 radical (unpaired) electrons. The molecule has 0 atom stereocenters. The van der Waals surface area contributed by atoms with Crippen LogP contribution >= 0.6 is 11.8 Å². The van der Waals surface area contributed by atoms with Crippen LogP contribution in [-0.4, -0.2) is 74.8 Å². The van der Waals surface area contributed by atoms with Gasteiger partial charge in [0, 0.05) is 19.0 Å². The number of hydrogen-bond donors (Lipinski definition) is 2. The molecular formula is C16H25N4O2S+. The van der Waals surface area contributed by atoms with E-state index in [0.717, 1.165) is 31.1 Å². The third kappa shape index (κ3) is 5.23. The van der Waals surface area contributed by atoms with Crippen molar-refractivity contribution in [3.8, 4) is 0 Å². The Morgan fingerprint density at radius 3 is 2.57 bits per heavy atom. The summed E-state index contributed by atoms with van der Waals surface area (Å²) >= 11 is 1.40. The molecule has 0 aromatic heterocycles. The van der Waals surface area contributed by atoms with Crippen molar-refractivity contribution in [2.24, 2.45) is 0 Å². The lowest BCUT2D eigenvalue weighted by Crippen LogP contribution is -3.12. The molecule has 2 N–H and O–H groups in total. The Kier molecular flexibility index (Phi) is 6.44. The lowest BCUT2D eigenvalue weighted by molar-refractivity contribution is -0.884. The normalized spacial score (nSPS) is 16.1. The number of carbonyl (C=O) groups is 2. The van der Waals surface area contributed by atoms with Crippen LogP contribution in [0.25, 0.3) is 0 Å². The fraction of sp³-hybridized carbons (Fsp3) is 0.500. The van der Waals surface area contributed by atoms with Gasteiger partial charge in [-0.2, -0.15) is 0 Å². The highest BCUT2D eigenvalue weighted by Gasteiger charge is 2.20. The molecule has 126 valence electrons. The number of nitrogens with one attached hydrogen (secondary N) is 2. The van der Waals surface area contributed by atoms with Gasteiger partial charge in [-0.25, -0.2) is 5.01 Å². The van der Waals surface area contributed by atoms with E-state index in [2.05, 4.69) is 12.5 Å². The molecule has 1 heterocycles. The lowest BCUT2D eigenvalue weighted by atomic mass is 10.2. The molecule has 1 fully saturated rings. The summed E-state index contributed by atoms with van der Waals surface area (Å²) in [5.74, 6) is 0.257. The molecule has 1 aliphatic heterocycles. The van der Waals surface area contributed by atoms with E-state index in [9.17, 15) is 9.59 Å². The summed E-state index contributed by atoms with van der Waals surface area (Å²) in [4.78, 5) is 28.1. The summed E-state index contributed by atoms with van der Waals surface area (Å²) in [5.41, 5.74) is 3.60. The van der Waals surface area contributed by atoms with Gasteiger partial charge in [-0.1, -0.05) is 12.1 Å². The predicted molar refractivity (Wildman–Crippen MR) is 91.5 cm³/mol. The number of amides is 2. The second kappa shape index (κ2) is 8.33. The number of piperazine rings is 1. The molecule has 6 nitrogen and oxygen atoms in total. The molecule has 0 spiro atoms. The van der Waals surface area contributed by atoms with Crippen LogP contribution in [0.3, 0.4) is 0 Å². The maximum atomic E-state index is 12.5. The third-order valence-corrected chi connectivity index (χ3v) is 4.92. The predicted octanol–water partition coefficient (Wildman–Crippen LogP) is -0.658. The molecule has 1 saturated heterocycles. The Bertz CT molecular complexity index is 557. The van der Waals surface area contributed by atoms with E-state index in [1.165, 1.54) is 16.7 Å². The smallest absolute Gasteiger partial charge is 0.266 e. The molecule has 1 aromatic rings. The molecule has 1 aliphatic rings.